The lowest BCUT2D eigenvalue weighted by Crippen LogP contribution is -2.48. The molecule has 0 aromatic heterocycles. The van der Waals surface area contributed by atoms with E-state index in [-0.39, 0.29) is 5.91 Å². The third kappa shape index (κ3) is 3.79. The Morgan fingerprint density at radius 1 is 1.37 bits per heavy atom. The van der Waals surface area contributed by atoms with Crippen LogP contribution < -0.4 is 16.8 Å². The maximum absolute atomic E-state index is 12.1. The van der Waals surface area contributed by atoms with Crippen molar-refractivity contribution in [3.05, 3.63) is 29.3 Å². The van der Waals surface area contributed by atoms with Crippen molar-refractivity contribution >= 4 is 17.5 Å². The van der Waals surface area contributed by atoms with E-state index in [0.717, 1.165) is 12.0 Å². The first-order chi connectivity index (χ1) is 8.77. The standard InChI is InChI=1S/C14H21N3O2/c1-4-7-14(3,16)13(19)17-11-8-10(12(15)18)6-5-9(11)2/h5-6,8H,4,7,16H2,1-3H3,(H2,15,18)(H,17,19). The van der Waals surface area contributed by atoms with Gasteiger partial charge >= 0.3 is 0 Å². The number of hydrogen-bond acceptors (Lipinski definition) is 3. The topological polar surface area (TPSA) is 98.2 Å². The zero-order valence-electron chi connectivity index (χ0n) is 11.6. The van der Waals surface area contributed by atoms with Gasteiger partial charge in [-0.1, -0.05) is 19.4 Å². The Bertz CT molecular complexity index is 495. The fourth-order valence-electron chi connectivity index (χ4n) is 1.81. The monoisotopic (exact) mass is 263 g/mol. The molecule has 0 aliphatic heterocycles. The fraction of sp³-hybridized carbons (Fsp3) is 0.429. The second kappa shape index (κ2) is 5.84. The molecule has 0 spiro atoms. The van der Waals surface area contributed by atoms with Gasteiger partial charge in [0.1, 0.15) is 0 Å². The molecule has 0 fully saturated rings. The van der Waals surface area contributed by atoms with Crippen LogP contribution in [0, 0.1) is 6.92 Å². The number of anilines is 1. The van der Waals surface area contributed by atoms with Gasteiger partial charge < -0.3 is 16.8 Å². The first-order valence-corrected chi connectivity index (χ1v) is 6.28. The lowest BCUT2D eigenvalue weighted by molar-refractivity contribution is -0.120. The summed E-state index contributed by atoms with van der Waals surface area (Å²) in [7, 11) is 0. The first kappa shape index (κ1) is 15.2. The second-order valence-corrected chi connectivity index (χ2v) is 5.02. The molecule has 0 saturated heterocycles. The van der Waals surface area contributed by atoms with Crippen LogP contribution >= 0.6 is 0 Å². The van der Waals surface area contributed by atoms with Gasteiger partial charge in [-0.2, -0.15) is 0 Å². The molecule has 0 radical (unpaired) electrons. The van der Waals surface area contributed by atoms with Crippen molar-refractivity contribution in [1.82, 2.24) is 0 Å². The van der Waals surface area contributed by atoms with Gasteiger partial charge in [0.2, 0.25) is 11.8 Å². The molecule has 104 valence electrons. The summed E-state index contributed by atoms with van der Waals surface area (Å²) >= 11 is 0. The Morgan fingerprint density at radius 3 is 2.53 bits per heavy atom. The van der Waals surface area contributed by atoms with E-state index in [1.165, 1.54) is 0 Å². The maximum Gasteiger partial charge on any atom is 0.248 e. The number of amides is 2. The number of aryl methyl sites for hydroxylation is 1. The van der Waals surface area contributed by atoms with E-state index < -0.39 is 11.4 Å². The molecule has 1 unspecified atom stereocenters. The Balaban J connectivity index is 2.96. The van der Waals surface area contributed by atoms with Gasteiger partial charge in [0, 0.05) is 11.3 Å². The summed E-state index contributed by atoms with van der Waals surface area (Å²) < 4.78 is 0. The van der Waals surface area contributed by atoms with Crippen molar-refractivity contribution in [3.63, 3.8) is 0 Å². The summed E-state index contributed by atoms with van der Waals surface area (Å²) in [5.41, 5.74) is 12.0. The Morgan fingerprint density at radius 2 is 2.00 bits per heavy atom. The van der Waals surface area contributed by atoms with Gasteiger partial charge in [0.15, 0.2) is 0 Å². The minimum Gasteiger partial charge on any atom is -0.366 e. The zero-order valence-corrected chi connectivity index (χ0v) is 11.6. The predicted molar refractivity (Wildman–Crippen MR) is 75.8 cm³/mol. The van der Waals surface area contributed by atoms with E-state index in [0.29, 0.717) is 17.7 Å². The van der Waals surface area contributed by atoms with Gasteiger partial charge in [0.25, 0.3) is 0 Å². The van der Waals surface area contributed by atoms with E-state index in [2.05, 4.69) is 5.32 Å². The largest absolute Gasteiger partial charge is 0.366 e. The summed E-state index contributed by atoms with van der Waals surface area (Å²) in [5.74, 6) is -0.793. The molecule has 0 aliphatic rings. The number of nitrogens with two attached hydrogens (primary N) is 2. The SMILES string of the molecule is CCCC(C)(N)C(=O)Nc1cc(C(N)=O)ccc1C. The molecule has 1 rings (SSSR count). The molecule has 5 nitrogen and oxygen atoms in total. The highest BCUT2D eigenvalue weighted by atomic mass is 16.2. The molecule has 19 heavy (non-hydrogen) atoms. The third-order valence-corrected chi connectivity index (χ3v) is 3.06. The number of hydrogen-bond donors (Lipinski definition) is 3. The number of carbonyl (C=O) groups excluding carboxylic acids is 2. The minimum atomic E-state index is -0.927. The zero-order chi connectivity index (χ0) is 14.6. The van der Waals surface area contributed by atoms with Crippen molar-refractivity contribution < 1.29 is 9.59 Å². The Kier molecular flexibility index (Phi) is 4.67. The third-order valence-electron chi connectivity index (χ3n) is 3.06. The van der Waals surface area contributed by atoms with E-state index in [1.807, 2.05) is 13.8 Å². The summed E-state index contributed by atoms with van der Waals surface area (Å²) in [6.45, 7) is 5.50. The van der Waals surface area contributed by atoms with Crippen LogP contribution in [0.25, 0.3) is 0 Å². The molecule has 5 heteroatoms. The fourth-order valence-corrected chi connectivity index (χ4v) is 1.81. The van der Waals surface area contributed by atoms with E-state index in [1.54, 1.807) is 25.1 Å². The van der Waals surface area contributed by atoms with Crippen molar-refractivity contribution in [3.8, 4) is 0 Å². The van der Waals surface area contributed by atoms with Crippen molar-refractivity contribution in [2.24, 2.45) is 11.5 Å². The lowest BCUT2D eigenvalue weighted by atomic mass is 9.96. The van der Waals surface area contributed by atoms with Gasteiger partial charge in [-0.3, -0.25) is 9.59 Å². The first-order valence-electron chi connectivity index (χ1n) is 6.28. The number of benzene rings is 1. The van der Waals surface area contributed by atoms with Gasteiger partial charge in [-0.05, 0) is 38.0 Å². The summed E-state index contributed by atoms with van der Waals surface area (Å²) in [5, 5.41) is 2.76. The Hall–Kier alpha value is -1.88. The molecule has 5 N–H and O–H groups in total. The molecule has 0 saturated carbocycles. The second-order valence-electron chi connectivity index (χ2n) is 5.02. The van der Waals surface area contributed by atoms with E-state index in [4.69, 9.17) is 11.5 Å². The highest BCUT2D eigenvalue weighted by Gasteiger charge is 2.27. The highest BCUT2D eigenvalue weighted by molar-refractivity contribution is 6.00. The van der Waals surface area contributed by atoms with Crippen molar-refractivity contribution in [2.45, 2.75) is 39.2 Å². The molecule has 1 aromatic rings. The molecule has 1 atom stereocenters. The molecule has 1 aromatic carbocycles. The molecule has 0 aliphatic carbocycles. The molecule has 2 amide bonds. The van der Waals surface area contributed by atoms with Crippen molar-refractivity contribution in [2.75, 3.05) is 5.32 Å². The van der Waals surface area contributed by atoms with Crippen LogP contribution in [0.3, 0.4) is 0 Å². The summed E-state index contributed by atoms with van der Waals surface area (Å²) in [4.78, 5) is 23.2. The average molecular weight is 263 g/mol. The van der Waals surface area contributed by atoms with Crippen LogP contribution in [-0.4, -0.2) is 17.4 Å². The average Bonchev–Trinajstić information content (AvgIpc) is 2.31. The number of rotatable bonds is 5. The predicted octanol–water partition coefficient (Wildman–Crippen LogP) is 1.55. The minimum absolute atomic E-state index is 0.265. The number of primary amides is 1. The van der Waals surface area contributed by atoms with E-state index in [9.17, 15) is 9.59 Å². The van der Waals surface area contributed by atoms with Crippen LogP contribution in [0.2, 0.25) is 0 Å². The number of carbonyl (C=O) groups is 2. The van der Waals surface area contributed by atoms with Crippen LogP contribution in [0.5, 0.6) is 0 Å². The number of nitrogens with one attached hydrogen (secondary N) is 1. The van der Waals surface area contributed by atoms with Crippen LogP contribution in [0.4, 0.5) is 5.69 Å². The van der Waals surface area contributed by atoms with Gasteiger partial charge in [0.05, 0.1) is 5.54 Å². The van der Waals surface area contributed by atoms with Crippen molar-refractivity contribution in [1.29, 1.82) is 0 Å². The molecular formula is C14H21N3O2. The van der Waals surface area contributed by atoms with E-state index >= 15 is 0 Å². The quantitative estimate of drug-likeness (QED) is 0.751. The Labute approximate surface area is 113 Å². The summed E-state index contributed by atoms with van der Waals surface area (Å²) in [6.07, 6.45) is 1.41. The molecular weight excluding hydrogens is 242 g/mol. The smallest absolute Gasteiger partial charge is 0.248 e. The van der Waals surface area contributed by atoms with Gasteiger partial charge in [-0.25, -0.2) is 0 Å². The van der Waals surface area contributed by atoms with Crippen LogP contribution in [0.1, 0.15) is 42.6 Å². The highest BCUT2D eigenvalue weighted by Crippen LogP contribution is 2.19. The molecule has 0 bridgehead atoms. The summed E-state index contributed by atoms with van der Waals surface area (Å²) in [6, 6.07) is 4.93. The van der Waals surface area contributed by atoms with Crippen LogP contribution in [-0.2, 0) is 4.79 Å². The normalized spacial score (nSPS) is 13.7. The van der Waals surface area contributed by atoms with Crippen LogP contribution in [0.15, 0.2) is 18.2 Å². The lowest BCUT2D eigenvalue weighted by Gasteiger charge is -2.23. The maximum atomic E-state index is 12.1. The van der Waals surface area contributed by atoms with Gasteiger partial charge in [-0.15, -0.1) is 0 Å². The molecule has 0 heterocycles.